The number of rotatable bonds is 9. The highest BCUT2D eigenvalue weighted by Gasteiger charge is 2.43. The number of allylic oxidation sites excluding steroid dienone is 5. The van der Waals surface area contributed by atoms with Crippen LogP contribution in [0, 0.1) is 5.92 Å². The average molecular weight is 520 g/mol. The molecular weight excluding hydrogens is 486 g/mol. The Labute approximate surface area is 221 Å². The summed E-state index contributed by atoms with van der Waals surface area (Å²) < 4.78 is 11.5. The van der Waals surface area contributed by atoms with Crippen molar-refractivity contribution < 1.29 is 28.7 Å². The predicted molar refractivity (Wildman–Crippen MR) is 142 cm³/mol. The van der Waals surface area contributed by atoms with E-state index in [9.17, 15) is 19.2 Å². The first-order valence-corrected chi connectivity index (χ1v) is 12.9. The predicted octanol–water partition coefficient (Wildman–Crippen LogP) is 3.27. The number of benzene rings is 1. The number of nitrogens with zero attached hydrogens (tertiary/aromatic N) is 1. The number of carbonyl (C=O) groups excluding carboxylic acids is 4. The van der Waals surface area contributed by atoms with Gasteiger partial charge in [0.25, 0.3) is 0 Å². The summed E-state index contributed by atoms with van der Waals surface area (Å²) in [7, 11) is 0. The van der Waals surface area contributed by atoms with E-state index in [4.69, 9.17) is 15.2 Å². The van der Waals surface area contributed by atoms with Crippen molar-refractivity contribution in [3.63, 3.8) is 0 Å². The van der Waals surface area contributed by atoms with E-state index in [2.05, 4.69) is 16.4 Å². The maximum absolute atomic E-state index is 13.4. The van der Waals surface area contributed by atoms with Gasteiger partial charge in [0.15, 0.2) is 0 Å². The van der Waals surface area contributed by atoms with Gasteiger partial charge in [0.1, 0.15) is 30.0 Å². The standard InChI is InChI=1S/C29H33N3O6/c1-29(2)14-13-23-26(35)25(21-5-3-4-6-22(21)27(23)38-29)32-20-10-7-18(8-11-20)28(36)37-16-15-31-24(34)12-9-19(30)17-33/h3-5,7-8,10-11,17,19,22H,6,9,12-16,30H2,1-2H3,(H,31,34). The number of ketones is 1. The summed E-state index contributed by atoms with van der Waals surface area (Å²) in [5.41, 5.74) is 8.02. The van der Waals surface area contributed by atoms with Crippen molar-refractivity contribution in [2.45, 2.75) is 57.6 Å². The first kappa shape index (κ1) is 27.2. The molecule has 1 amide bonds. The van der Waals surface area contributed by atoms with Crippen molar-refractivity contribution >= 4 is 35.3 Å². The molecule has 0 aromatic heterocycles. The molecule has 0 bridgehead atoms. The van der Waals surface area contributed by atoms with Gasteiger partial charge in [-0.25, -0.2) is 9.79 Å². The summed E-state index contributed by atoms with van der Waals surface area (Å²) >= 11 is 0. The van der Waals surface area contributed by atoms with Crippen molar-refractivity contribution in [3.05, 3.63) is 65.0 Å². The molecule has 2 atom stereocenters. The lowest BCUT2D eigenvalue weighted by Crippen LogP contribution is -2.40. The SMILES string of the molecule is CC1(C)CCC2=C(O1)C1CC=CC=C1C(=Nc1ccc(C(=O)OCCNC(=O)CCC(N)C=O)cc1)C2=O. The molecule has 0 saturated heterocycles. The lowest BCUT2D eigenvalue weighted by Gasteiger charge is -2.40. The molecule has 2 aliphatic carbocycles. The van der Waals surface area contributed by atoms with E-state index in [1.54, 1.807) is 24.3 Å². The number of fused-ring (bicyclic) bond motifs is 2. The zero-order valence-corrected chi connectivity index (χ0v) is 21.7. The van der Waals surface area contributed by atoms with Gasteiger partial charge in [-0.2, -0.15) is 0 Å². The van der Waals surface area contributed by atoms with E-state index in [1.165, 1.54) is 0 Å². The van der Waals surface area contributed by atoms with E-state index < -0.39 is 12.0 Å². The molecule has 4 rings (SSSR count). The van der Waals surface area contributed by atoms with Crippen molar-refractivity contribution in [2.24, 2.45) is 16.6 Å². The first-order valence-electron chi connectivity index (χ1n) is 12.9. The monoisotopic (exact) mass is 519 g/mol. The van der Waals surface area contributed by atoms with Gasteiger partial charge in [-0.1, -0.05) is 18.2 Å². The van der Waals surface area contributed by atoms with E-state index in [0.717, 1.165) is 24.2 Å². The highest BCUT2D eigenvalue weighted by molar-refractivity contribution is 6.53. The normalized spacial score (nSPS) is 21.6. The Hall–Kier alpha value is -3.85. The number of nitrogens with one attached hydrogen (secondary N) is 1. The van der Waals surface area contributed by atoms with Gasteiger partial charge < -0.3 is 25.3 Å². The second kappa shape index (κ2) is 11.7. The van der Waals surface area contributed by atoms with Gasteiger partial charge in [-0.3, -0.25) is 9.59 Å². The summed E-state index contributed by atoms with van der Waals surface area (Å²) in [6, 6.07) is 5.88. The highest BCUT2D eigenvalue weighted by Crippen LogP contribution is 2.44. The minimum absolute atomic E-state index is 0.00223. The lowest BCUT2D eigenvalue weighted by atomic mass is 9.74. The number of hydrogen-bond donors (Lipinski definition) is 2. The fourth-order valence-electron chi connectivity index (χ4n) is 4.65. The summed E-state index contributed by atoms with van der Waals surface area (Å²) in [6.45, 7) is 4.24. The molecule has 0 saturated carbocycles. The number of carbonyl (C=O) groups is 4. The molecule has 200 valence electrons. The van der Waals surface area contributed by atoms with Crippen molar-refractivity contribution in [1.29, 1.82) is 0 Å². The molecule has 1 aliphatic heterocycles. The molecule has 0 fully saturated rings. The highest BCUT2D eigenvalue weighted by atomic mass is 16.5. The molecule has 0 radical (unpaired) electrons. The van der Waals surface area contributed by atoms with Crippen LogP contribution in [0.2, 0.25) is 0 Å². The maximum Gasteiger partial charge on any atom is 0.338 e. The number of nitrogens with two attached hydrogens (primary N) is 1. The Kier molecular flexibility index (Phi) is 8.36. The Bertz CT molecular complexity index is 1240. The summed E-state index contributed by atoms with van der Waals surface area (Å²) in [4.78, 5) is 52.7. The molecule has 1 heterocycles. The second-order valence-electron chi connectivity index (χ2n) is 10.2. The number of aliphatic imine (C=N–C) groups is 1. The average Bonchev–Trinajstić information content (AvgIpc) is 2.91. The number of Topliss-reactive ketones (excluding diaryl/α,β-unsaturated/α-hetero) is 1. The lowest BCUT2D eigenvalue weighted by molar-refractivity contribution is -0.121. The van der Waals surface area contributed by atoms with Crippen LogP contribution in [0.5, 0.6) is 0 Å². The fraction of sp³-hybridized carbons (Fsp3) is 0.414. The number of esters is 1. The van der Waals surface area contributed by atoms with Gasteiger partial charge in [0.2, 0.25) is 11.7 Å². The topological polar surface area (TPSA) is 137 Å². The summed E-state index contributed by atoms with van der Waals surface area (Å²) in [6.07, 6.45) is 9.11. The smallest absolute Gasteiger partial charge is 0.338 e. The van der Waals surface area contributed by atoms with Gasteiger partial charge in [-0.05, 0) is 69.4 Å². The molecule has 9 nitrogen and oxygen atoms in total. The van der Waals surface area contributed by atoms with Crippen molar-refractivity contribution in [3.8, 4) is 0 Å². The van der Waals surface area contributed by atoms with Gasteiger partial charge in [0.05, 0.1) is 23.8 Å². The zero-order chi connectivity index (χ0) is 27.3. The van der Waals surface area contributed by atoms with Crippen LogP contribution in [0.3, 0.4) is 0 Å². The van der Waals surface area contributed by atoms with Crippen LogP contribution in [-0.4, -0.2) is 54.5 Å². The number of hydrogen-bond acceptors (Lipinski definition) is 8. The second-order valence-corrected chi connectivity index (χ2v) is 10.2. The number of amides is 1. The van der Waals surface area contributed by atoms with Crippen LogP contribution in [0.1, 0.15) is 56.3 Å². The Morgan fingerprint density at radius 3 is 2.79 bits per heavy atom. The third kappa shape index (κ3) is 6.34. The van der Waals surface area contributed by atoms with Crippen molar-refractivity contribution in [2.75, 3.05) is 13.2 Å². The largest absolute Gasteiger partial charge is 0.491 e. The first-order chi connectivity index (χ1) is 18.2. The number of ether oxygens (including phenoxy) is 2. The van der Waals surface area contributed by atoms with Crippen LogP contribution in [-0.2, 0) is 23.9 Å². The minimum Gasteiger partial charge on any atom is -0.491 e. The van der Waals surface area contributed by atoms with Crippen LogP contribution in [0.4, 0.5) is 5.69 Å². The molecule has 38 heavy (non-hydrogen) atoms. The van der Waals surface area contributed by atoms with Crippen molar-refractivity contribution in [1.82, 2.24) is 5.32 Å². The molecule has 2 unspecified atom stereocenters. The molecule has 1 aromatic rings. The van der Waals surface area contributed by atoms with E-state index in [0.29, 0.717) is 35.2 Å². The van der Waals surface area contributed by atoms with Crippen LogP contribution < -0.4 is 11.1 Å². The number of aldehydes is 1. The molecule has 3 N–H and O–H groups in total. The minimum atomic E-state index is -0.663. The molecular formula is C29H33N3O6. The zero-order valence-electron chi connectivity index (χ0n) is 21.7. The van der Waals surface area contributed by atoms with Gasteiger partial charge in [-0.15, -0.1) is 0 Å². The van der Waals surface area contributed by atoms with Gasteiger partial charge in [0, 0.05) is 17.9 Å². The maximum atomic E-state index is 13.4. The Morgan fingerprint density at radius 1 is 1.29 bits per heavy atom. The fourth-order valence-corrected chi connectivity index (χ4v) is 4.65. The van der Waals surface area contributed by atoms with Gasteiger partial charge >= 0.3 is 5.97 Å². The quantitative estimate of drug-likeness (QED) is 0.290. The molecule has 1 aromatic carbocycles. The summed E-state index contributed by atoms with van der Waals surface area (Å²) in [5.74, 6) is -0.155. The van der Waals surface area contributed by atoms with E-state index in [-0.39, 0.29) is 49.2 Å². The third-order valence-corrected chi connectivity index (χ3v) is 6.78. The third-order valence-electron chi connectivity index (χ3n) is 6.78. The van der Waals surface area contributed by atoms with E-state index in [1.807, 2.05) is 26.0 Å². The Morgan fingerprint density at radius 2 is 2.05 bits per heavy atom. The van der Waals surface area contributed by atoms with E-state index >= 15 is 0 Å². The molecule has 9 heteroatoms. The molecule has 3 aliphatic rings. The Balaban J connectivity index is 1.39. The van der Waals surface area contributed by atoms with Crippen LogP contribution >= 0.6 is 0 Å². The molecule has 0 spiro atoms. The van der Waals surface area contributed by atoms with Crippen LogP contribution in [0.25, 0.3) is 0 Å². The summed E-state index contributed by atoms with van der Waals surface area (Å²) in [5, 5.41) is 2.61. The van der Waals surface area contributed by atoms with Crippen LogP contribution in [0.15, 0.2) is 64.4 Å².